The maximum absolute atomic E-state index is 13.4. The second-order valence-electron chi connectivity index (χ2n) is 9.47. The lowest BCUT2D eigenvalue weighted by Gasteiger charge is -2.44. The number of rotatable bonds is 4. The first-order valence-electron chi connectivity index (χ1n) is 11.6. The van der Waals surface area contributed by atoms with Crippen molar-refractivity contribution in [3.63, 3.8) is 0 Å². The van der Waals surface area contributed by atoms with Crippen molar-refractivity contribution >= 4 is 44.9 Å². The average Bonchev–Trinajstić information content (AvgIpc) is 3.42. The van der Waals surface area contributed by atoms with Crippen molar-refractivity contribution in [1.29, 1.82) is 0 Å². The minimum atomic E-state index is -3.44. The molecule has 3 aliphatic rings. The van der Waals surface area contributed by atoms with Gasteiger partial charge in [0.1, 0.15) is 5.54 Å². The molecule has 1 spiro atoms. The van der Waals surface area contributed by atoms with Crippen LogP contribution in [0.1, 0.15) is 48.5 Å². The van der Waals surface area contributed by atoms with Crippen molar-refractivity contribution < 1.29 is 27.5 Å². The van der Waals surface area contributed by atoms with Crippen LogP contribution < -0.4 is 14.5 Å². The summed E-state index contributed by atoms with van der Waals surface area (Å²) in [6.45, 7) is 1.30. The predicted octanol–water partition coefficient (Wildman–Crippen LogP) is 2.85. The van der Waals surface area contributed by atoms with Gasteiger partial charge in [-0.1, -0.05) is 25.0 Å². The molecule has 0 radical (unpaired) electrons. The Balaban J connectivity index is 1.36. The molecule has 184 valence electrons. The molecule has 2 amide bonds. The van der Waals surface area contributed by atoms with Crippen LogP contribution in [0.25, 0.3) is 0 Å². The predicted molar refractivity (Wildman–Crippen MR) is 131 cm³/mol. The number of nitrogens with one attached hydrogen (secondary N) is 1. The molecule has 0 saturated heterocycles. The Kier molecular flexibility index (Phi) is 5.58. The first-order chi connectivity index (χ1) is 16.6. The van der Waals surface area contributed by atoms with E-state index in [1.165, 1.54) is 15.3 Å². The number of hydrogen-bond donors (Lipinski definition) is 1. The van der Waals surface area contributed by atoms with Crippen LogP contribution in [-0.2, 0) is 30.8 Å². The summed E-state index contributed by atoms with van der Waals surface area (Å²) in [6.07, 6.45) is 4.39. The van der Waals surface area contributed by atoms with E-state index in [-0.39, 0.29) is 17.5 Å². The van der Waals surface area contributed by atoms with E-state index in [0.29, 0.717) is 36.3 Å². The molecule has 2 aromatic carbocycles. The summed E-state index contributed by atoms with van der Waals surface area (Å²) < 4.78 is 31.0. The summed E-state index contributed by atoms with van der Waals surface area (Å²) in [5, 5.41) is 2.92. The lowest BCUT2D eigenvalue weighted by molar-refractivity contribution is -0.129. The molecule has 10 heteroatoms. The van der Waals surface area contributed by atoms with E-state index in [1.807, 2.05) is 6.92 Å². The summed E-state index contributed by atoms with van der Waals surface area (Å²) >= 11 is 0. The third-order valence-corrected chi connectivity index (χ3v) is 8.35. The number of carbonyl (C=O) groups excluding carboxylic acids is 3. The van der Waals surface area contributed by atoms with E-state index in [9.17, 15) is 22.8 Å². The average molecular weight is 498 g/mol. The second kappa shape index (κ2) is 8.37. The SMILES string of the molecule is CC1Cc2cc(C(=O)OCC(=O)N3c4ccccc4NC(=O)C34CCCC4)ccc2N1S(C)(=O)=O. The largest absolute Gasteiger partial charge is 0.452 e. The van der Waals surface area contributed by atoms with Crippen LogP contribution in [0.4, 0.5) is 17.1 Å². The zero-order chi connectivity index (χ0) is 25.0. The van der Waals surface area contributed by atoms with E-state index in [0.717, 1.165) is 24.7 Å². The molecule has 0 aromatic heterocycles. The Labute approximate surface area is 204 Å². The van der Waals surface area contributed by atoms with E-state index < -0.39 is 34.0 Å². The van der Waals surface area contributed by atoms with Gasteiger partial charge in [-0.3, -0.25) is 18.8 Å². The van der Waals surface area contributed by atoms with Gasteiger partial charge in [-0.2, -0.15) is 0 Å². The van der Waals surface area contributed by atoms with Crippen LogP contribution >= 0.6 is 0 Å². The minimum Gasteiger partial charge on any atom is -0.452 e. The summed E-state index contributed by atoms with van der Waals surface area (Å²) in [4.78, 5) is 40.7. The number of benzene rings is 2. The summed E-state index contributed by atoms with van der Waals surface area (Å²) in [6, 6.07) is 11.6. The lowest BCUT2D eigenvalue weighted by atomic mass is 9.90. The quantitative estimate of drug-likeness (QED) is 0.650. The van der Waals surface area contributed by atoms with Gasteiger partial charge in [0.05, 0.1) is 28.9 Å². The molecule has 2 aromatic rings. The molecule has 0 bridgehead atoms. The number of ether oxygens (including phenoxy) is 1. The zero-order valence-electron chi connectivity index (χ0n) is 19.6. The molecule has 2 heterocycles. The smallest absolute Gasteiger partial charge is 0.338 e. The molecule has 35 heavy (non-hydrogen) atoms. The van der Waals surface area contributed by atoms with Crippen LogP contribution in [-0.4, -0.2) is 50.6 Å². The van der Waals surface area contributed by atoms with Gasteiger partial charge in [-0.05, 0) is 62.1 Å². The third-order valence-electron chi connectivity index (χ3n) is 7.08. The van der Waals surface area contributed by atoms with E-state index in [2.05, 4.69) is 5.32 Å². The van der Waals surface area contributed by atoms with Crippen LogP contribution in [0.5, 0.6) is 0 Å². The Morgan fingerprint density at radius 2 is 1.83 bits per heavy atom. The highest BCUT2D eigenvalue weighted by molar-refractivity contribution is 7.92. The number of fused-ring (bicyclic) bond motifs is 2. The number of carbonyl (C=O) groups is 3. The highest BCUT2D eigenvalue weighted by Gasteiger charge is 2.52. The zero-order valence-corrected chi connectivity index (χ0v) is 20.4. The topological polar surface area (TPSA) is 113 Å². The van der Waals surface area contributed by atoms with Gasteiger partial charge in [-0.25, -0.2) is 13.2 Å². The van der Waals surface area contributed by atoms with Crippen LogP contribution in [0.15, 0.2) is 42.5 Å². The third kappa shape index (κ3) is 3.85. The van der Waals surface area contributed by atoms with Gasteiger partial charge in [0.2, 0.25) is 10.0 Å². The molecule has 1 aliphatic carbocycles. The number of anilines is 3. The van der Waals surface area contributed by atoms with Crippen molar-refractivity contribution in [2.45, 2.75) is 50.6 Å². The second-order valence-corrected chi connectivity index (χ2v) is 11.3. The Hall–Kier alpha value is -3.40. The van der Waals surface area contributed by atoms with Crippen LogP contribution in [0.3, 0.4) is 0 Å². The van der Waals surface area contributed by atoms with Gasteiger partial charge in [-0.15, -0.1) is 0 Å². The number of sulfonamides is 1. The monoisotopic (exact) mass is 497 g/mol. The van der Waals surface area contributed by atoms with Crippen molar-refractivity contribution in [3.8, 4) is 0 Å². The number of esters is 1. The molecule has 9 nitrogen and oxygen atoms in total. The molecule has 2 aliphatic heterocycles. The normalized spacial score (nSPS) is 20.4. The molecule has 1 N–H and O–H groups in total. The fourth-order valence-corrected chi connectivity index (χ4v) is 6.90. The van der Waals surface area contributed by atoms with Gasteiger partial charge in [0, 0.05) is 6.04 Å². The standard InChI is InChI=1S/C25H27N3O6S/c1-16-13-18-14-17(9-10-20(18)28(16)35(2,32)33)23(30)34-15-22(29)27-21-8-4-3-7-19(21)26-24(31)25(27)11-5-6-12-25/h3-4,7-10,14,16H,5-6,11-13,15H2,1-2H3,(H,26,31). The Morgan fingerprint density at radius 3 is 2.54 bits per heavy atom. The molecule has 1 saturated carbocycles. The van der Waals surface area contributed by atoms with Crippen molar-refractivity contribution in [3.05, 3.63) is 53.6 Å². The maximum atomic E-state index is 13.4. The number of para-hydroxylation sites is 2. The molecular weight excluding hydrogens is 470 g/mol. The molecular formula is C25H27N3O6S. The Bertz CT molecular complexity index is 1330. The highest BCUT2D eigenvalue weighted by atomic mass is 32.2. The summed E-state index contributed by atoms with van der Waals surface area (Å²) in [5.74, 6) is -1.35. The first kappa shape index (κ1) is 23.3. The number of hydrogen-bond acceptors (Lipinski definition) is 6. The fourth-order valence-electron chi connectivity index (χ4n) is 5.64. The van der Waals surface area contributed by atoms with Crippen LogP contribution in [0.2, 0.25) is 0 Å². The summed E-state index contributed by atoms with van der Waals surface area (Å²) in [7, 11) is -3.44. The summed E-state index contributed by atoms with van der Waals surface area (Å²) in [5.41, 5.74) is 1.70. The van der Waals surface area contributed by atoms with E-state index in [1.54, 1.807) is 36.4 Å². The van der Waals surface area contributed by atoms with Gasteiger partial charge < -0.3 is 10.1 Å². The minimum absolute atomic E-state index is 0.212. The van der Waals surface area contributed by atoms with E-state index in [4.69, 9.17) is 4.74 Å². The highest BCUT2D eigenvalue weighted by Crippen LogP contribution is 2.45. The van der Waals surface area contributed by atoms with Gasteiger partial charge in [0.15, 0.2) is 6.61 Å². The van der Waals surface area contributed by atoms with Gasteiger partial charge in [0.25, 0.3) is 11.8 Å². The fraction of sp³-hybridized carbons (Fsp3) is 0.400. The molecule has 1 unspecified atom stereocenters. The molecule has 5 rings (SSSR count). The number of amides is 2. The van der Waals surface area contributed by atoms with Gasteiger partial charge >= 0.3 is 5.97 Å². The van der Waals surface area contributed by atoms with Crippen molar-refractivity contribution in [1.82, 2.24) is 0 Å². The van der Waals surface area contributed by atoms with Crippen LogP contribution in [0, 0.1) is 0 Å². The first-order valence-corrected chi connectivity index (χ1v) is 13.5. The lowest BCUT2D eigenvalue weighted by Crippen LogP contribution is -2.61. The number of nitrogens with zero attached hydrogens (tertiary/aromatic N) is 2. The molecule has 1 fully saturated rings. The van der Waals surface area contributed by atoms with E-state index >= 15 is 0 Å². The Morgan fingerprint density at radius 1 is 1.11 bits per heavy atom. The molecule has 1 atom stereocenters. The maximum Gasteiger partial charge on any atom is 0.338 e. The van der Waals surface area contributed by atoms with Crippen molar-refractivity contribution in [2.24, 2.45) is 0 Å². The van der Waals surface area contributed by atoms with Crippen molar-refractivity contribution in [2.75, 3.05) is 27.4 Å².